The summed E-state index contributed by atoms with van der Waals surface area (Å²) < 4.78 is 0.970. The Kier molecular flexibility index (Phi) is 3.33. The molecule has 1 aromatic carbocycles. The third-order valence-corrected chi connectivity index (χ3v) is 2.55. The molecular formula is C13H22N+. The molecule has 0 saturated carbocycles. The van der Waals surface area contributed by atoms with Crippen LogP contribution in [-0.4, -0.2) is 20.6 Å². The zero-order valence-electron chi connectivity index (χ0n) is 10.0. The summed E-state index contributed by atoms with van der Waals surface area (Å²) in [7, 11) is 4.54. The molecule has 14 heavy (non-hydrogen) atoms. The average Bonchev–Trinajstić information content (AvgIpc) is 2.02. The zero-order valence-corrected chi connectivity index (χ0v) is 10.0. The lowest BCUT2D eigenvalue weighted by Gasteiger charge is -2.31. The predicted octanol–water partition coefficient (Wildman–Crippen LogP) is 3.22. The molecule has 0 heterocycles. The van der Waals surface area contributed by atoms with E-state index in [-0.39, 0.29) is 0 Å². The van der Waals surface area contributed by atoms with Crippen LogP contribution in [0, 0.1) is 12.8 Å². The van der Waals surface area contributed by atoms with Crippen molar-refractivity contribution in [3.63, 3.8) is 0 Å². The van der Waals surface area contributed by atoms with Crippen molar-refractivity contribution < 1.29 is 0 Å². The molecule has 0 fully saturated rings. The third-order valence-electron chi connectivity index (χ3n) is 2.55. The van der Waals surface area contributed by atoms with Crippen LogP contribution in [0.2, 0.25) is 0 Å². The van der Waals surface area contributed by atoms with E-state index in [2.05, 4.69) is 59.1 Å². The fourth-order valence-electron chi connectivity index (χ4n) is 1.97. The number of quaternary nitrogens is 1. The van der Waals surface area contributed by atoms with Crippen LogP contribution in [0.25, 0.3) is 0 Å². The Balaban J connectivity index is 2.86. The second kappa shape index (κ2) is 4.14. The van der Waals surface area contributed by atoms with Gasteiger partial charge in [-0.15, -0.1) is 0 Å². The van der Waals surface area contributed by atoms with E-state index in [1.165, 1.54) is 17.8 Å². The predicted molar refractivity (Wildman–Crippen MR) is 64.5 cm³/mol. The van der Waals surface area contributed by atoms with E-state index < -0.39 is 0 Å². The Labute approximate surface area is 88.0 Å². The topological polar surface area (TPSA) is 0 Å². The van der Waals surface area contributed by atoms with E-state index in [1.807, 2.05) is 0 Å². The summed E-state index contributed by atoms with van der Waals surface area (Å²) >= 11 is 0. The quantitative estimate of drug-likeness (QED) is 0.645. The molecule has 0 unspecified atom stereocenters. The van der Waals surface area contributed by atoms with Crippen molar-refractivity contribution in [1.82, 2.24) is 4.48 Å². The van der Waals surface area contributed by atoms with Crippen molar-refractivity contribution in [1.29, 1.82) is 0 Å². The first-order valence-electron chi connectivity index (χ1n) is 5.32. The first kappa shape index (κ1) is 11.3. The Morgan fingerprint density at radius 3 is 2.00 bits per heavy atom. The highest BCUT2D eigenvalue weighted by atomic mass is 15.3. The molecule has 0 aliphatic carbocycles. The van der Waals surface area contributed by atoms with E-state index in [4.69, 9.17) is 0 Å². The molecule has 1 aromatic rings. The van der Waals surface area contributed by atoms with Crippen LogP contribution in [0.15, 0.2) is 24.3 Å². The fourth-order valence-corrected chi connectivity index (χ4v) is 1.97. The maximum absolute atomic E-state index is 2.27. The summed E-state index contributed by atoms with van der Waals surface area (Å²) in [5.74, 6) is 0.728. The molecule has 1 rings (SSSR count). The van der Waals surface area contributed by atoms with E-state index in [1.54, 1.807) is 0 Å². The van der Waals surface area contributed by atoms with Crippen LogP contribution in [0.5, 0.6) is 0 Å². The summed E-state index contributed by atoms with van der Waals surface area (Å²) in [6, 6.07) is 8.85. The zero-order chi connectivity index (χ0) is 10.8. The minimum atomic E-state index is 0.728. The van der Waals surface area contributed by atoms with Crippen LogP contribution in [-0.2, 0) is 0 Å². The van der Waals surface area contributed by atoms with Crippen molar-refractivity contribution in [2.24, 2.45) is 5.92 Å². The lowest BCUT2D eigenvalue weighted by Crippen LogP contribution is -2.43. The minimum Gasteiger partial charge on any atom is -0.296 e. The molecule has 1 nitrogen and oxygen atoms in total. The molecule has 0 aliphatic heterocycles. The number of rotatable bonds is 3. The van der Waals surface area contributed by atoms with E-state index in [9.17, 15) is 0 Å². The van der Waals surface area contributed by atoms with Gasteiger partial charge in [0.2, 0.25) is 0 Å². The molecule has 0 atom stereocenters. The summed E-state index contributed by atoms with van der Waals surface area (Å²) in [5, 5.41) is 0. The van der Waals surface area contributed by atoms with Crippen LogP contribution < -0.4 is 4.48 Å². The number of nitrogens with zero attached hydrogens (tertiary/aromatic N) is 1. The Morgan fingerprint density at radius 2 is 1.57 bits per heavy atom. The second-order valence-electron chi connectivity index (χ2n) is 5.10. The minimum absolute atomic E-state index is 0.728. The first-order valence-corrected chi connectivity index (χ1v) is 5.32. The number of aryl methyl sites for hydroxylation is 1. The standard InChI is InChI=1S/C13H22N/c1-11(2)10-14(4,5)13-8-6-12(3)7-9-13/h6-9,11H,10H2,1-5H3/q+1. The number of benzene rings is 1. The SMILES string of the molecule is Cc1ccc([N+](C)(C)CC(C)C)cc1. The maximum Gasteiger partial charge on any atom is 0.132 e. The van der Waals surface area contributed by atoms with Crippen molar-refractivity contribution in [2.75, 3.05) is 20.6 Å². The van der Waals surface area contributed by atoms with Crippen molar-refractivity contribution in [3.8, 4) is 0 Å². The van der Waals surface area contributed by atoms with Gasteiger partial charge in [-0.3, -0.25) is 4.48 Å². The molecule has 0 aromatic heterocycles. The normalized spacial score (nSPS) is 12.1. The molecule has 0 radical (unpaired) electrons. The van der Waals surface area contributed by atoms with Gasteiger partial charge in [-0.1, -0.05) is 31.5 Å². The molecule has 0 spiro atoms. The average molecular weight is 192 g/mol. The largest absolute Gasteiger partial charge is 0.296 e. The van der Waals surface area contributed by atoms with Crippen LogP contribution in [0.1, 0.15) is 19.4 Å². The smallest absolute Gasteiger partial charge is 0.132 e. The van der Waals surface area contributed by atoms with Gasteiger partial charge in [0, 0.05) is 5.92 Å². The van der Waals surface area contributed by atoms with E-state index in [0.717, 1.165) is 10.4 Å². The summed E-state index contributed by atoms with van der Waals surface area (Å²) in [4.78, 5) is 0. The highest BCUT2D eigenvalue weighted by molar-refractivity contribution is 5.43. The molecule has 0 bridgehead atoms. The molecule has 78 valence electrons. The van der Waals surface area contributed by atoms with Crippen LogP contribution in [0.3, 0.4) is 0 Å². The maximum atomic E-state index is 2.27. The molecular weight excluding hydrogens is 170 g/mol. The van der Waals surface area contributed by atoms with Crippen molar-refractivity contribution in [3.05, 3.63) is 29.8 Å². The molecule has 0 aliphatic rings. The Morgan fingerprint density at radius 1 is 1.07 bits per heavy atom. The Bertz CT molecular complexity index is 283. The van der Waals surface area contributed by atoms with Gasteiger partial charge in [-0.2, -0.15) is 0 Å². The molecule has 0 amide bonds. The molecule has 1 heteroatoms. The Hall–Kier alpha value is -0.820. The van der Waals surface area contributed by atoms with E-state index >= 15 is 0 Å². The number of hydrogen-bond donors (Lipinski definition) is 0. The van der Waals surface area contributed by atoms with Gasteiger partial charge < -0.3 is 0 Å². The van der Waals surface area contributed by atoms with Gasteiger partial charge >= 0.3 is 0 Å². The second-order valence-corrected chi connectivity index (χ2v) is 5.10. The third kappa shape index (κ3) is 2.85. The fraction of sp³-hybridized carbons (Fsp3) is 0.538. The van der Waals surface area contributed by atoms with Gasteiger partial charge in [-0.05, 0) is 19.1 Å². The molecule has 0 saturated heterocycles. The lowest BCUT2D eigenvalue weighted by molar-refractivity contribution is 0.348. The first-order chi connectivity index (χ1) is 6.42. The van der Waals surface area contributed by atoms with Gasteiger partial charge in [0.05, 0.1) is 20.6 Å². The highest BCUT2D eigenvalue weighted by Gasteiger charge is 2.19. The van der Waals surface area contributed by atoms with Gasteiger partial charge in [0.1, 0.15) is 5.69 Å². The van der Waals surface area contributed by atoms with Gasteiger partial charge in [0.15, 0.2) is 0 Å². The summed E-state index contributed by atoms with van der Waals surface area (Å²) in [6.07, 6.45) is 0. The van der Waals surface area contributed by atoms with Gasteiger partial charge in [-0.25, -0.2) is 0 Å². The monoisotopic (exact) mass is 192 g/mol. The van der Waals surface area contributed by atoms with Gasteiger partial charge in [0.25, 0.3) is 0 Å². The lowest BCUT2D eigenvalue weighted by atomic mass is 10.1. The van der Waals surface area contributed by atoms with Crippen LogP contribution in [0.4, 0.5) is 5.69 Å². The molecule has 0 N–H and O–H groups in total. The van der Waals surface area contributed by atoms with Crippen molar-refractivity contribution in [2.45, 2.75) is 20.8 Å². The van der Waals surface area contributed by atoms with E-state index in [0.29, 0.717) is 0 Å². The summed E-state index contributed by atoms with van der Waals surface area (Å²) in [6.45, 7) is 7.86. The van der Waals surface area contributed by atoms with Crippen molar-refractivity contribution >= 4 is 5.69 Å². The highest BCUT2D eigenvalue weighted by Crippen LogP contribution is 2.20. The summed E-state index contributed by atoms with van der Waals surface area (Å²) in [5.41, 5.74) is 2.72. The van der Waals surface area contributed by atoms with Crippen LogP contribution >= 0.6 is 0 Å². The number of hydrogen-bond acceptors (Lipinski definition) is 0.